The van der Waals surface area contributed by atoms with Crippen LogP contribution in [0.2, 0.25) is 0 Å². The fraction of sp³-hybridized carbons (Fsp3) is 0.333. The van der Waals surface area contributed by atoms with Crippen LogP contribution >= 0.6 is 0 Å². The topological polar surface area (TPSA) is 122 Å². The van der Waals surface area contributed by atoms with Crippen molar-refractivity contribution in [2.45, 2.75) is 38.1 Å². The zero-order chi connectivity index (χ0) is 18.0. The second kappa shape index (κ2) is 6.62. The number of hydrogen-bond donors (Lipinski definition) is 4. The first-order valence-corrected chi connectivity index (χ1v) is 8.80. The monoisotopic (exact) mass is 350 g/mol. The van der Waals surface area contributed by atoms with Crippen molar-refractivity contribution in [3.8, 4) is 0 Å². The highest BCUT2D eigenvalue weighted by Crippen LogP contribution is 2.24. The van der Waals surface area contributed by atoms with E-state index in [-0.39, 0.29) is 21.9 Å². The molecule has 0 fully saturated rings. The average molecular weight is 350 g/mol. The Morgan fingerprint density at radius 3 is 2.21 bits per heavy atom. The maximum absolute atomic E-state index is 12.3. The second-order valence-electron chi connectivity index (χ2n) is 6.40. The number of aromatic nitrogens is 2. The first-order valence-electron chi connectivity index (χ1n) is 7.32. The summed E-state index contributed by atoms with van der Waals surface area (Å²) in [7, 11) is -3.74. The molecule has 8 nitrogen and oxygen atoms in total. The Hall–Kier alpha value is -2.39. The summed E-state index contributed by atoms with van der Waals surface area (Å²) in [6.45, 7) is 7.76. The molecule has 2 aromatic rings. The molecule has 0 saturated heterocycles. The predicted molar refractivity (Wildman–Crippen MR) is 94.9 cm³/mol. The molecule has 1 heterocycles. The summed E-state index contributed by atoms with van der Waals surface area (Å²) in [6, 6.07) is 6.49. The largest absolute Gasteiger partial charge is 0.393 e. The van der Waals surface area contributed by atoms with Crippen molar-refractivity contribution in [1.29, 1.82) is 0 Å². The second-order valence-corrected chi connectivity index (χ2v) is 8.09. The number of hydrazine groups is 1. The zero-order valence-corrected chi connectivity index (χ0v) is 14.9. The number of nitrogens with zero attached hydrogens (tertiary/aromatic N) is 2. The van der Waals surface area contributed by atoms with Crippen molar-refractivity contribution < 1.29 is 8.42 Å². The van der Waals surface area contributed by atoms with E-state index in [2.05, 4.69) is 25.5 Å². The Morgan fingerprint density at radius 2 is 1.62 bits per heavy atom. The quantitative estimate of drug-likeness (QED) is 0.607. The Labute approximate surface area is 141 Å². The van der Waals surface area contributed by atoms with Gasteiger partial charge in [0.1, 0.15) is 12.0 Å². The van der Waals surface area contributed by atoms with Gasteiger partial charge in [-0.3, -0.25) is 5.43 Å². The SMILES string of the molecule is Cc1ccc(S(=O)(=O)NNc2ncnc(NC(C)(C)C)c2N)cc1. The summed E-state index contributed by atoms with van der Waals surface area (Å²) in [5, 5.41) is 3.13. The Balaban J connectivity index is 2.17. The van der Waals surface area contributed by atoms with Gasteiger partial charge in [0, 0.05) is 5.54 Å². The van der Waals surface area contributed by atoms with Crippen molar-refractivity contribution in [1.82, 2.24) is 14.8 Å². The summed E-state index contributed by atoms with van der Waals surface area (Å²) in [5.74, 6) is 0.599. The van der Waals surface area contributed by atoms with Crippen molar-refractivity contribution in [2.75, 3.05) is 16.5 Å². The fourth-order valence-corrected chi connectivity index (χ4v) is 2.69. The highest BCUT2D eigenvalue weighted by Gasteiger charge is 2.17. The molecular weight excluding hydrogens is 328 g/mol. The molecule has 0 amide bonds. The lowest BCUT2D eigenvalue weighted by Gasteiger charge is -2.22. The van der Waals surface area contributed by atoms with Gasteiger partial charge in [0.05, 0.1) is 4.90 Å². The van der Waals surface area contributed by atoms with E-state index >= 15 is 0 Å². The molecule has 130 valence electrons. The van der Waals surface area contributed by atoms with E-state index in [1.807, 2.05) is 27.7 Å². The molecule has 9 heteroatoms. The van der Waals surface area contributed by atoms with Gasteiger partial charge in [0.15, 0.2) is 11.6 Å². The minimum absolute atomic E-state index is 0.140. The van der Waals surface area contributed by atoms with Crippen LogP contribution in [-0.2, 0) is 10.0 Å². The number of sulfonamides is 1. The molecule has 0 saturated carbocycles. The van der Waals surface area contributed by atoms with Crippen LogP contribution in [0, 0.1) is 6.92 Å². The fourth-order valence-electron chi connectivity index (χ4n) is 1.84. The van der Waals surface area contributed by atoms with E-state index in [9.17, 15) is 8.42 Å². The smallest absolute Gasteiger partial charge is 0.257 e. The van der Waals surface area contributed by atoms with E-state index in [0.717, 1.165) is 5.56 Å². The van der Waals surface area contributed by atoms with Crippen LogP contribution in [0.15, 0.2) is 35.5 Å². The lowest BCUT2D eigenvalue weighted by Crippen LogP contribution is -2.31. The van der Waals surface area contributed by atoms with E-state index < -0.39 is 10.0 Å². The van der Waals surface area contributed by atoms with Gasteiger partial charge in [-0.2, -0.15) is 0 Å². The minimum atomic E-state index is -3.74. The summed E-state index contributed by atoms with van der Waals surface area (Å²) in [6.07, 6.45) is 1.30. The van der Waals surface area contributed by atoms with E-state index in [0.29, 0.717) is 5.82 Å². The Bertz CT molecular complexity index is 813. The Morgan fingerprint density at radius 1 is 1.04 bits per heavy atom. The molecule has 24 heavy (non-hydrogen) atoms. The van der Waals surface area contributed by atoms with Crippen LogP contribution < -0.4 is 21.3 Å². The maximum atomic E-state index is 12.3. The van der Waals surface area contributed by atoms with Crippen molar-refractivity contribution >= 4 is 27.3 Å². The van der Waals surface area contributed by atoms with Crippen LogP contribution in [0.1, 0.15) is 26.3 Å². The molecule has 0 unspecified atom stereocenters. The summed E-state index contributed by atoms with van der Waals surface area (Å²) in [5.41, 5.74) is 9.48. The normalized spacial score (nSPS) is 12.0. The highest BCUT2D eigenvalue weighted by molar-refractivity contribution is 7.89. The molecule has 0 aliphatic heterocycles. The zero-order valence-electron chi connectivity index (χ0n) is 14.1. The van der Waals surface area contributed by atoms with Gasteiger partial charge in [0.2, 0.25) is 0 Å². The van der Waals surface area contributed by atoms with Crippen molar-refractivity contribution in [3.05, 3.63) is 36.2 Å². The van der Waals surface area contributed by atoms with E-state index in [1.54, 1.807) is 12.1 Å². The van der Waals surface area contributed by atoms with Gasteiger partial charge in [-0.05, 0) is 39.8 Å². The molecule has 0 bridgehead atoms. The third-order valence-corrected chi connectivity index (χ3v) is 4.28. The average Bonchev–Trinajstić information content (AvgIpc) is 2.47. The third kappa shape index (κ3) is 4.56. The lowest BCUT2D eigenvalue weighted by molar-refractivity contribution is 0.587. The molecular formula is C15H22N6O2S. The number of rotatable bonds is 5. The predicted octanol–water partition coefficient (Wildman–Crippen LogP) is 1.88. The third-order valence-electron chi connectivity index (χ3n) is 3.01. The number of aryl methyl sites for hydroxylation is 1. The van der Waals surface area contributed by atoms with Crippen LogP contribution in [-0.4, -0.2) is 23.9 Å². The van der Waals surface area contributed by atoms with Gasteiger partial charge in [-0.1, -0.05) is 17.7 Å². The number of nitrogens with one attached hydrogen (secondary N) is 3. The van der Waals surface area contributed by atoms with Crippen LogP contribution in [0.25, 0.3) is 0 Å². The van der Waals surface area contributed by atoms with Gasteiger partial charge < -0.3 is 11.1 Å². The van der Waals surface area contributed by atoms with Gasteiger partial charge in [-0.25, -0.2) is 18.4 Å². The number of anilines is 3. The molecule has 0 spiro atoms. The summed E-state index contributed by atoms with van der Waals surface area (Å²) >= 11 is 0. The first-order chi connectivity index (χ1) is 11.1. The molecule has 0 aliphatic rings. The van der Waals surface area contributed by atoms with Crippen LogP contribution in [0.3, 0.4) is 0 Å². The van der Waals surface area contributed by atoms with Gasteiger partial charge in [0.25, 0.3) is 10.0 Å². The highest BCUT2D eigenvalue weighted by atomic mass is 32.2. The van der Waals surface area contributed by atoms with Crippen LogP contribution in [0.4, 0.5) is 17.3 Å². The molecule has 0 aliphatic carbocycles. The summed E-state index contributed by atoms with van der Waals surface area (Å²) in [4.78, 5) is 10.4. The summed E-state index contributed by atoms with van der Waals surface area (Å²) < 4.78 is 24.5. The maximum Gasteiger partial charge on any atom is 0.257 e. The number of hydrogen-bond acceptors (Lipinski definition) is 7. The molecule has 5 N–H and O–H groups in total. The number of nitrogens with two attached hydrogens (primary N) is 1. The van der Waals surface area contributed by atoms with Gasteiger partial charge >= 0.3 is 0 Å². The first kappa shape index (κ1) is 18.0. The molecule has 0 radical (unpaired) electrons. The van der Waals surface area contributed by atoms with Crippen LogP contribution in [0.5, 0.6) is 0 Å². The van der Waals surface area contributed by atoms with E-state index in [4.69, 9.17) is 5.73 Å². The van der Waals surface area contributed by atoms with Crippen molar-refractivity contribution in [3.63, 3.8) is 0 Å². The minimum Gasteiger partial charge on any atom is -0.393 e. The number of nitrogen functional groups attached to an aromatic ring is 1. The standard InChI is InChI=1S/C15H22N6O2S/c1-10-5-7-11(8-6-10)24(22,23)21-20-14-12(16)13(17-9-18-14)19-15(2,3)4/h5-9,21H,16H2,1-4H3,(H2,17,18,19,20). The van der Waals surface area contributed by atoms with Gasteiger partial charge in [-0.15, -0.1) is 4.83 Å². The number of benzene rings is 1. The molecule has 2 rings (SSSR count). The lowest BCUT2D eigenvalue weighted by atomic mass is 10.1. The Kier molecular flexibility index (Phi) is 4.95. The molecule has 1 aromatic heterocycles. The molecule has 1 aromatic carbocycles. The van der Waals surface area contributed by atoms with Crippen molar-refractivity contribution in [2.24, 2.45) is 0 Å². The molecule has 0 atom stereocenters. The van der Waals surface area contributed by atoms with E-state index in [1.165, 1.54) is 18.5 Å².